The smallest absolute Gasteiger partial charge is 0.138 e. The molecule has 0 aromatic rings. The fourth-order valence-electron chi connectivity index (χ4n) is 2.17. The zero-order chi connectivity index (χ0) is 10.1. The summed E-state index contributed by atoms with van der Waals surface area (Å²) in [5.41, 5.74) is -0.472. The van der Waals surface area contributed by atoms with Gasteiger partial charge in [-0.15, -0.1) is 0 Å². The Morgan fingerprint density at radius 2 is 2.23 bits per heavy atom. The average Bonchev–Trinajstić information content (AvgIpc) is 2.08. The molecular formula is C10H18O3. The van der Waals surface area contributed by atoms with E-state index in [4.69, 9.17) is 5.11 Å². The molecular weight excluding hydrogens is 168 g/mol. The topological polar surface area (TPSA) is 57.5 Å². The zero-order valence-corrected chi connectivity index (χ0v) is 8.29. The molecule has 0 saturated heterocycles. The molecule has 1 aliphatic rings. The van der Waals surface area contributed by atoms with Crippen LogP contribution in [-0.4, -0.2) is 28.7 Å². The van der Waals surface area contributed by atoms with Gasteiger partial charge >= 0.3 is 0 Å². The zero-order valence-electron chi connectivity index (χ0n) is 8.29. The van der Waals surface area contributed by atoms with Crippen LogP contribution in [0.5, 0.6) is 0 Å². The van der Waals surface area contributed by atoms with Crippen LogP contribution in [0.3, 0.4) is 0 Å². The Balaban J connectivity index is 2.77. The predicted octanol–water partition coefficient (Wildman–Crippen LogP) is 0.735. The van der Waals surface area contributed by atoms with E-state index in [2.05, 4.69) is 0 Å². The van der Waals surface area contributed by atoms with E-state index < -0.39 is 11.5 Å². The molecule has 0 amide bonds. The summed E-state index contributed by atoms with van der Waals surface area (Å²) in [5, 5.41) is 18.4. The largest absolute Gasteiger partial charge is 0.394 e. The molecule has 1 fully saturated rings. The summed E-state index contributed by atoms with van der Waals surface area (Å²) in [5.74, 6) is 0.120. The Labute approximate surface area is 78.8 Å². The van der Waals surface area contributed by atoms with Gasteiger partial charge in [-0.3, -0.25) is 4.79 Å². The summed E-state index contributed by atoms with van der Waals surface area (Å²) >= 11 is 0. The van der Waals surface area contributed by atoms with Crippen molar-refractivity contribution in [3.05, 3.63) is 0 Å². The van der Waals surface area contributed by atoms with Gasteiger partial charge in [0.25, 0.3) is 0 Å². The minimum atomic E-state index is -0.751. The highest BCUT2D eigenvalue weighted by atomic mass is 16.3. The third kappa shape index (κ3) is 1.92. The quantitative estimate of drug-likeness (QED) is 0.668. The van der Waals surface area contributed by atoms with Crippen LogP contribution in [-0.2, 0) is 4.79 Å². The second-order valence-electron chi connectivity index (χ2n) is 4.39. The van der Waals surface area contributed by atoms with Crippen molar-refractivity contribution < 1.29 is 15.0 Å². The SMILES string of the molecule is CC1(C)C(=O)CCCC1C(O)CO. The molecule has 1 aliphatic carbocycles. The lowest BCUT2D eigenvalue weighted by Gasteiger charge is -2.39. The summed E-state index contributed by atoms with van der Waals surface area (Å²) in [7, 11) is 0. The first-order valence-corrected chi connectivity index (χ1v) is 4.82. The van der Waals surface area contributed by atoms with Crippen molar-refractivity contribution >= 4 is 5.78 Å². The average molecular weight is 186 g/mol. The molecule has 2 N–H and O–H groups in total. The van der Waals surface area contributed by atoms with Crippen molar-refractivity contribution in [3.8, 4) is 0 Å². The normalized spacial score (nSPS) is 30.2. The summed E-state index contributed by atoms with van der Waals surface area (Å²) in [4.78, 5) is 11.6. The first-order chi connectivity index (χ1) is 6.00. The van der Waals surface area contributed by atoms with Crippen molar-refractivity contribution in [2.24, 2.45) is 11.3 Å². The van der Waals surface area contributed by atoms with Gasteiger partial charge in [0.05, 0.1) is 12.7 Å². The van der Waals surface area contributed by atoms with Crippen molar-refractivity contribution in [1.29, 1.82) is 0 Å². The van der Waals surface area contributed by atoms with Crippen LogP contribution in [0.4, 0.5) is 0 Å². The summed E-state index contributed by atoms with van der Waals surface area (Å²) < 4.78 is 0. The molecule has 1 saturated carbocycles. The second kappa shape index (κ2) is 3.76. The molecule has 0 aliphatic heterocycles. The van der Waals surface area contributed by atoms with Crippen LogP contribution in [0.15, 0.2) is 0 Å². The number of ketones is 1. The fourth-order valence-corrected chi connectivity index (χ4v) is 2.17. The molecule has 13 heavy (non-hydrogen) atoms. The lowest BCUT2D eigenvalue weighted by molar-refractivity contribution is -0.137. The lowest BCUT2D eigenvalue weighted by Crippen LogP contribution is -2.44. The van der Waals surface area contributed by atoms with Crippen molar-refractivity contribution in [2.45, 2.75) is 39.2 Å². The molecule has 1 rings (SSSR count). The summed E-state index contributed by atoms with van der Waals surface area (Å²) in [6.07, 6.45) is 1.53. The van der Waals surface area contributed by atoms with Gasteiger partial charge in [0.1, 0.15) is 5.78 Å². The third-order valence-electron chi connectivity index (χ3n) is 3.22. The highest BCUT2D eigenvalue weighted by molar-refractivity contribution is 5.85. The van der Waals surface area contributed by atoms with E-state index in [1.807, 2.05) is 13.8 Å². The maximum Gasteiger partial charge on any atom is 0.138 e. The van der Waals surface area contributed by atoms with Gasteiger partial charge in [-0.1, -0.05) is 13.8 Å². The number of carbonyl (C=O) groups is 1. The van der Waals surface area contributed by atoms with E-state index in [0.717, 1.165) is 12.8 Å². The van der Waals surface area contributed by atoms with Crippen LogP contribution >= 0.6 is 0 Å². The summed E-state index contributed by atoms with van der Waals surface area (Å²) in [6, 6.07) is 0. The second-order valence-corrected chi connectivity index (χ2v) is 4.39. The maximum absolute atomic E-state index is 11.6. The van der Waals surface area contributed by atoms with E-state index in [1.165, 1.54) is 0 Å². The first kappa shape index (κ1) is 10.7. The Morgan fingerprint density at radius 3 is 2.77 bits per heavy atom. The molecule has 0 bridgehead atoms. The Morgan fingerprint density at radius 1 is 1.62 bits per heavy atom. The predicted molar refractivity (Wildman–Crippen MR) is 49.2 cm³/mol. The Hall–Kier alpha value is -0.410. The van der Waals surface area contributed by atoms with E-state index in [0.29, 0.717) is 6.42 Å². The molecule has 0 aromatic carbocycles. The molecule has 0 spiro atoms. The van der Waals surface area contributed by atoms with E-state index in [-0.39, 0.29) is 18.3 Å². The molecule has 3 heteroatoms. The van der Waals surface area contributed by atoms with Gasteiger partial charge in [0.2, 0.25) is 0 Å². The number of Topliss-reactive ketones (excluding diaryl/α,β-unsaturated/α-hetero) is 1. The van der Waals surface area contributed by atoms with E-state index in [9.17, 15) is 9.90 Å². The van der Waals surface area contributed by atoms with Crippen LogP contribution < -0.4 is 0 Å². The van der Waals surface area contributed by atoms with Gasteiger partial charge in [0, 0.05) is 11.8 Å². The van der Waals surface area contributed by atoms with Crippen molar-refractivity contribution in [2.75, 3.05) is 6.61 Å². The molecule has 76 valence electrons. The molecule has 3 nitrogen and oxygen atoms in total. The van der Waals surface area contributed by atoms with Crippen molar-refractivity contribution in [3.63, 3.8) is 0 Å². The van der Waals surface area contributed by atoms with Crippen LogP contribution in [0.1, 0.15) is 33.1 Å². The third-order valence-corrected chi connectivity index (χ3v) is 3.22. The van der Waals surface area contributed by atoms with Crippen molar-refractivity contribution in [1.82, 2.24) is 0 Å². The Kier molecular flexibility index (Phi) is 3.09. The van der Waals surface area contributed by atoms with Gasteiger partial charge in [-0.2, -0.15) is 0 Å². The monoisotopic (exact) mass is 186 g/mol. The minimum absolute atomic E-state index is 0.0845. The molecule has 2 atom stereocenters. The standard InChI is InChI=1S/C10H18O3/c1-10(2)7(8(12)6-11)4-3-5-9(10)13/h7-8,11-12H,3-6H2,1-2H3. The van der Waals surface area contributed by atoms with Crippen LogP contribution in [0.25, 0.3) is 0 Å². The molecule has 0 radical (unpaired) electrons. The first-order valence-electron chi connectivity index (χ1n) is 4.82. The van der Waals surface area contributed by atoms with Gasteiger partial charge in [-0.25, -0.2) is 0 Å². The number of rotatable bonds is 2. The molecule has 0 aromatic heterocycles. The number of hydrogen-bond donors (Lipinski definition) is 2. The Bertz CT molecular complexity index is 198. The fraction of sp³-hybridized carbons (Fsp3) is 0.900. The molecule has 0 heterocycles. The molecule has 2 unspecified atom stereocenters. The summed E-state index contributed by atoms with van der Waals surface area (Å²) in [6.45, 7) is 3.47. The lowest BCUT2D eigenvalue weighted by atomic mass is 9.66. The van der Waals surface area contributed by atoms with Gasteiger partial charge in [0.15, 0.2) is 0 Å². The van der Waals surface area contributed by atoms with E-state index >= 15 is 0 Å². The highest BCUT2D eigenvalue weighted by Gasteiger charge is 2.42. The number of carbonyl (C=O) groups excluding carboxylic acids is 1. The van der Waals surface area contributed by atoms with Crippen LogP contribution in [0.2, 0.25) is 0 Å². The van der Waals surface area contributed by atoms with Crippen LogP contribution in [0, 0.1) is 11.3 Å². The highest BCUT2D eigenvalue weighted by Crippen LogP contribution is 2.39. The number of aliphatic hydroxyl groups is 2. The maximum atomic E-state index is 11.6. The van der Waals surface area contributed by atoms with Gasteiger partial charge in [-0.05, 0) is 18.8 Å². The minimum Gasteiger partial charge on any atom is -0.394 e. The van der Waals surface area contributed by atoms with Gasteiger partial charge < -0.3 is 10.2 Å². The van der Waals surface area contributed by atoms with E-state index in [1.54, 1.807) is 0 Å². The number of aliphatic hydroxyl groups excluding tert-OH is 2. The number of hydrogen-bond acceptors (Lipinski definition) is 3.